The van der Waals surface area contributed by atoms with Gasteiger partial charge >= 0.3 is 6.03 Å². The van der Waals surface area contributed by atoms with Crippen LogP contribution in [0.15, 0.2) is 64.6 Å². The molecule has 1 aromatic carbocycles. The number of nitrogens with one attached hydrogen (secondary N) is 1. The third-order valence-electron chi connectivity index (χ3n) is 8.34. The van der Waals surface area contributed by atoms with Gasteiger partial charge in [-0.1, -0.05) is 19.2 Å². The molecular weight excluding hydrogens is 550 g/mol. The summed E-state index contributed by atoms with van der Waals surface area (Å²) >= 11 is 1.39. The van der Waals surface area contributed by atoms with E-state index in [1.54, 1.807) is 6.20 Å². The Balaban J connectivity index is 1.41. The molecule has 216 valence electrons. The number of aliphatic hydroxyl groups is 1. The van der Waals surface area contributed by atoms with Crippen molar-refractivity contribution in [3.05, 3.63) is 87.4 Å². The predicted molar refractivity (Wildman–Crippen MR) is 152 cm³/mol. The van der Waals surface area contributed by atoms with Crippen LogP contribution in [-0.4, -0.2) is 88.1 Å². The van der Waals surface area contributed by atoms with Gasteiger partial charge in [-0.3, -0.25) is 9.89 Å². The molecule has 1 unspecified atom stereocenters. The van der Waals surface area contributed by atoms with Crippen LogP contribution in [-0.2, 0) is 4.74 Å². The van der Waals surface area contributed by atoms with E-state index in [0.29, 0.717) is 59.6 Å². The summed E-state index contributed by atoms with van der Waals surface area (Å²) < 4.78 is 34.5. The molecule has 1 aromatic heterocycles. The Labute approximate surface area is 241 Å². The number of nitrogens with zero attached hydrogens (tertiary/aromatic N) is 5. The molecule has 3 fully saturated rings. The van der Waals surface area contributed by atoms with Gasteiger partial charge in [0.25, 0.3) is 0 Å². The maximum Gasteiger partial charge on any atom is 0.320 e. The normalized spacial score (nSPS) is 24.7. The number of aliphatic imine (C=N–C) groups is 1. The number of thiazole rings is 1. The minimum atomic E-state index is -0.936. The zero-order valence-corrected chi connectivity index (χ0v) is 23.8. The molecular formula is C29H32F2N6O3S. The van der Waals surface area contributed by atoms with E-state index in [4.69, 9.17) is 9.73 Å². The summed E-state index contributed by atoms with van der Waals surface area (Å²) in [6.45, 7) is 11.3. The van der Waals surface area contributed by atoms with Crippen LogP contribution in [0, 0.1) is 18.6 Å². The van der Waals surface area contributed by atoms with Gasteiger partial charge in [0.2, 0.25) is 0 Å². The molecule has 2 N–H and O–H groups in total. The second kappa shape index (κ2) is 10.6. The SMILES string of the molecule is C=C(OC)C1=C(CN2CCN3C(=O)N(C4CC4)C[C@@H]3C2C(=C)O)NC(c2nccs2)=N[C@H]1c1ccc(F)c(F)c1C. The standard InChI is InChI=1S/C29H32F2N6O3S/c1-15-19(7-8-20(30)24(15)31)25-23(17(3)40-4)21(33-27(34-25)28-32-9-12-41-28)13-35-10-11-36-22(26(35)16(2)38)14-37(29(36)39)18-5-6-18/h7-9,12,18,22,25-26,38H,2-3,5-6,10-11,13-14H2,1,4H3,(H,33,34)/t22-,25+,26?/m1/s1. The Morgan fingerprint density at radius 1 is 1.24 bits per heavy atom. The van der Waals surface area contributed by atoms with Crippen LogP contribution in [0.3, 0.4) is 0 Å². The number of methoxy groups -OCH3 is 1. The van der Waals surface area contributed by atoms with Crippen molar-refractivity contribution in [3.8, 4) is 0 Å². The number of aromatic nitrogens is 1. The van der Waals surface area contributed by atoms with Crippen LogP contribution in [0.5, 0.6) is 0 Å². The van der Waals surface area contributed by atoms with Crippen LogP contribution < -0.4 is 5.32 Å². The van der Waals surface area contributed by atoms with E-state index < -0.39 is 23.7 Å². The molecule has 4 heterocycles. The summed E-state index contributed by atoms with van der Waals surface area (Å²) in [6.07, 6.45) is 3.68. The van der Waals surface area contributed by atoms with Crippen molar-refractivity contribution in [3.63, 3.8) is 0 Å². The molecule has 0 spiro atoms. The summed E-state index contributed by atoms with van der Waals surface area (Å²) in [5.41, 5.74) is 1.86. The molecule has 3 aliphatic heterocycles. The quantitative estimate of drug-likeness (QED) is 0.452. The molecule has 2 amide bonds. The van der Waals surface area contributed by atoms with E-state index in [1.165, 1.54) is 31.4 Å². The van der Waals surface area contributed by atoms with Gasteiger partial charge in [0.15, 0.2) is 22.5 Å². The number of halogens is 2. The van der Waals surface area contributed by atoms with Crippen molar-refractivity contribution in [2.45, 2.75) is 43.9 Å². The molecule has 12 heteroatoms. The van der Waals surface area contributed by atoms with Crippen LogP contribution in [0.2, 0.25) is 0 Å². The highest BCUT2D eigenvalue weighted by Crippen LogP contribution is 2.40. The smallest absolute Gasteiger partial charge is 0.320 e. The number of fused-ring (bicyclic) bond motifs is 1. The van der Waals surface area contributed by atoms with Crippen molar-refractivity contribution in [2.24, 2.45) is 4.99 Å². The van der Waals surface area contributed by atoms with Crippen LogP contribution in [0.1, 0.15) is 35.0 Å². The number of urea groups is 1. The number of carbonyl (C=O) groups excluding carboxylic acids is 1. The summed E-state index contributed by atoms with van der Waals surface area (Å²) in [5.74, 6) is -1.09. The number of aliphatic hydroxyl groups excluding tert-OH is 1. The lowest BCUT2D eigenvalue weighted by atomic mass is 9.90. The molecule has 9 nitrogen and oxygen atoms in total. The van der Waals surface area contributed by atoms with Gasteiger partial charge in [-0.2, -0.15) is 0 Å². The van der Waals surface area contributed by atoms with E-state index in [2.05, 4.69) is 28.4 Å². The third kappa shape index (κ3) is 4.78. The summed E-state index contributed by atoms with van der Waals surface area (Å²) in [6, 6.07) is 1.39. The van der Waals surface area contributed by atoms with Crippen molar-refractivity contribution in [2.75, 3.05) is 33.3 Å². The van der Waals surface area contributed by atoms with Gasteiger partial charge in [0, 0.05) is 55.1 Å². The first-order chi connectivity index (χ1) is 19.7. The number of benzene rings is 1. The third-order valence-corrected chi connectivity index (χ3v) is 9.12. The monoisotopic (exact) mass is 582 g/mol. The molecule has 3 atom stereocenters. The molecule has 2 aromatic rings. The molecule has 0 bridgehead atoms. The first kappa shape index (κ1) is 27.4. The lowest BCUT2D eigenvalue weighted by molar-refractivity contribution is 0.0642. The summed E-state index contributed by atoms with van der Waals surface area (Å²) in [5, 5.41) is 16.7. The molecule has 1 saturated carbocycles. The fourth-order valence-electron chi connectivity index (χ4n) is 6.13. The minimum Gasteiger partial charge on any atom is -0.511 e. The van der Waals surface area contributed by atoms with Crippen molar-refractivity contribution in [1.82, 2.24) is 25.0 Å². The van der Waals surface area contributed by atoms with E-state index >= 15 is 0 Å². The second-order valence-corrected chi connectivity index (χ2v) is 11.7. The van der Waals surface area contributed by atoms with Gasteiger partial charge in [-0.25, -0.2) is 18.6 Å². The second-order valence-electron chi connectivity index (χ2n) is 10.8. The number of rotatable bonds is 8. The van der Waals surface area contributed by atoms with Gasteiger partial charge in [-0.05, 0) is 37.0 Å². The number of amides is 2. The van der Waals surface area contributed by atoms with Crippen LogP contribution >= 0.6 is 11.3 Å². The van der Waals surface area contributed by atoms with E-state index in [9.17, 15) is 18.7 Å². The molecule has 0 radical (unpaired) electrons. The van der Waals surface area contributed by atoms with Crippen molar-refractivity contribution < 1.29 is 23.4 Å². The predicted octanol–water partition coefficient (Wildman–Crippen LogP) is 4.26. The van der Waals surface area contributed by atoms with Gasteiger partial charge < -0.3 is 25.0 Å². The average Bonchev–Trinajstić information content (AvgIpc) is 3.53. The lowest BCUT2D eigenvalue weighted by Crippen LogP contribution is -2.60. The van der Waals surface area contributed by atoms with Gasteiger partial charge in [-0.15, -0.1) is 11.3 Å². The fraction of sp³-hybridized carbons (Fsp3) is 0.414. The van der Waals surface area contributed by atoms with Crippen molar-refractivity contribution >= 4 is 23.2 Å². The Kier molecular flexibility index (Phi) is 7.06. The number of hydrogen-bond donors (Lipinski definition) is 2. The maximum atomic E-state index is 14.8. The summed E-state index contributed by atoms with van der Waals surface area (Å²) in [7, 11) is 1.50. The highest BCUT2D eigenvalue weighted by molar-refractivity contribution is 7.11. The minimum absolute atomic E-state index is 0.0129. The van der Waals surface area contributed by atoms with E-state index in [1.807, 2.05) is 15.2 Å². The number of piperazine rings is 1. The molecule has 2 saturated heterocycles. The average molecular weight is 583 g/mol. The number of hydrogen-bond acceptors (Lipinski definition) is 8. The number of ether oxygens (including phenoxy) is 1. The summed E-state index contributed by atoms with van der Waals surface area (Å²) in [4.78, 5) is 28.3. The maximum absolute atomic E-state index is 14.8. The largest absolute Gasteiger partial charge is 0.511 e. The van der Waals surface area contributed by atoms with Crippen LogP contribution in [0.25, 0.3) is 0 Å². The Hall–Kier alpha value is -3.77. The Morgan fingerprint density at radius 2 is 2.02 bits per heavy atom. The van der Waals surface area contributed by atoms with Gasteiger partial charge in [0.1, 0.15) is 17.6 Å². The highest BCUT2D eigenvalue weighted by Gasteiger charge is 2.51. The van der Waals surface area contributed by atoms with E-state index in [-0.39, 0.29) is 29.4 Å². The molecule has 41 heavy (non-hydrogen) atoms. The molecule has 4 aliphatic rings. The highest BCUT2D eigenvalue weighted by atomic mass is 32.1. The first-order valence-electron chi connectivity index (χ1n) is 13.5. The van der Waals surface area contributed by atoms with Crippen molar-refractivity contribution in [1.29, 1.82) is 0 Å². The number of amidine groups is 1. The topological polar surface area (TPSA) is 93.5 Å². The zero-order valence-electron chi connectivity index (χ0n) is 22.9. The van der Waals surface area contributed by atoms with Gasteiger partial charge in [0.05, 0.1) is 19.2 Å². The first-order valence-corrected chi connectivity index (χ1v) is 14.4. The Bertz CT molecular complexity index is 1470. The molecule has 1 aliphatic carbocycles. The lowest BCUT2D eigenvalue weighted by Gasteiger charge is -2.44. The van der Waals surface area contributed by atoms with Crippen LogP contribution in [0.4, 0.5) is 13.6 Å². The Morgan fingerprint density at radius 3 is 2.68 bits per heavy atom. The zero-order chi connectivity index (χ0) is 29.0. The number of carbonyl (C=O) groups is 1. The van der Waals surface area contributed by atoms with E-state index in [0.717, 1.165) is 18.9 Å². The fourth-order valence-corrected chi connectivity index (χ4v) is 6.72. The molecule has 6 rings (SSSR count).